The van der Waals surface area contributed by atoms with E-state index in [4.69, 9.17) is 5.11 Å². The van der Waals surface area contributed by atoms with Gasteiger partial charge in [-0.1, -0.05) is 12.1 Å². The molecule has 0 saturated carbocycles. The van der Waals surface area contributed by atoms with Gasteiger partial charge < -0.3 is 15.2 Å². The Hall–Kier alpha value is -3.36. The molecule has 0 radical (unpaired) electrons. The van der Waals surface area contributed by atoms with Crippen LogP contribution >= 0.6 is 0 Å². The van der Waals surface area contributed by atoms with Crippen LogP contribution in [0.2, 0.25) is 0 Å². The second-order valence-electron chi connectivity index (χ2n) is 4.87. The smallest absolute Gasteiger partial charge is 0.372 e. The van der Waals surface area contributed by atoms with Crippen LogP contribution in [0.4, 0.5) is 10.2 Å². The van der Waals surface area contributed by atoms with Crippen LogP contribution in [0.15, 0.2) is 36.4 Å². The number of halogens is 1. The van der Waals surface area contributed by atoms with Gasteiger partial charge in [-0.15, -0.1) is 0 Å². The van der Waals surface area contributed by atoms with Crippen LogP contribution in [0.5, 0.6) is 0 Å². The van der Waals surface area contributed by atoms with Gasteiger partial charge in [0.05, 0.1) is 6.42 Å². The van der Waals surface area contributed by atoms with E-state index in [0.717, 1.165) is 16.7 Å². The fraction of sp³-hybridized carbons (Fsp3) is 0.133. The van der Waals surface area contributed by atoms with Crippen molar-refractivity contribution in [1.82, 2.24) is 4.57 Å². The Balaban J connectivity index is 2.37. The zero-order chi connectivity index (χ0) is 17.9. The number of aromatic nitrogens is 1. The van der Waals surface area contributed by atoms with E-state index < -0.39 is 40.5 Å². The molecule has 9 heteroatoms. The molecule has 1 aromatic carbocycles. The lowest BCUT2D eigenvalue weighted by molar-refractivity contribution is -0.392. The summed E-state index contributed by atoms with van der Waals surface area (Å²) in [6.07, 6.45) is -0.903. The van der Waals surface area contributed by atoms with Crippen LogP contribution < -0.4 is 0 Å². The molecule has 124 valence electrons. The lowest BCUT2D eigenvalue weighted by atomic mass is 10.1. The molecule has 0 aliphatic rings. The highest BCUT2D eigenvalue weighted by Crippen LogP contribution is 2.21. The molecule has 1 aromatic heterocycles. The van der Waals surface area contributed by atoms with Crippen LogP contribution in [0.25, 0.3) is 0 Å². The predicted molar refractivity (Wildman–Crippen MR) is 78.2 cm³/mol. The number of carbonyl (C=O) groups is 3. The van der Waals surface area contributed by atoms with Crippen LogP contribution in [0.3, 0.4) is 0 Å². The summed E-state index contributed by atoms with van der Waals surface area (Å²) in [6.45, 7) is -0.105. The van der Waals surface area contributed by atoms with Gasteiger partial charge >= 0.3 is 11.8 Å². The zero-order valence-electron chi connectivity index (χ0n) is 12.1. The minimum atomic E-state index is -1.76. The van der Waals surface area contributed by atoms with E-state index in [1.165, 1.54) is 24.3 Å². The topological polar surface area (TPSA) is 120 Å². The summed E-state index contributed by atoms with van der Waals surface area (Å²) in [6, 6.07) is 7.37. The Kier molecular flexibility index (Phi) is 4.83. The highest BCUT2D eigenvalue weighted by atomic mass is 19.1. The third-order valence-corrected chi connectivity index (χ3v) is 3.24. The summed E-state index contributed by atoms with van der Waals surface area (Å²) in [5, 5.41) is 19.6. The molecule has 0 atom stereocenters. The number of Topliss-reactive ketones (excluding diaryl/α,β-unsaturated/α-hetero) is 2. The summed E-state index contributed by atoms with van der Waals surface area (Å²) in [7, 11) is 0. The summed E-state index contributed by atoms with van der Waals surface area (Å²) in [4.78, 5) is 44.2. The SMILES string of the molecule is O=C(O)C(=O)CC(=O)c1ccc([N+](=O)[O-])n1Cc1ccc(F)cc1. The number of nitro groups is 1. The molecule has 0 saturated heterocycles. The molecule has 0 aliphatic heterocycles. The van der Waals surface area contributed by atoms with E-state index >= 15 is 0 Å². The molecule has 2 aromatic rings. The second kappa shape index (κ2) is 6.82. The largest absolute Gasteiger partial charge is 0.475 e. The first kappa shape index (κ1) is 17.0. The summed E-state index contributed by atoms with van der Waals surface area (Å²) < 4.78 is 14.0. The third-order valence-electron chi connectivity index (χ3n) is 3.24. The van der Waals surface area contributed by atoms with Gasteiger partial charge in [-0.2, -0.15) is 0 Å². The van der Waals surface area contributed by atoms with Crippen molar-refractivity contribution in [2.75, 3.05) is 0 Å². The van der Waals surface area contributed by atoms with Gasteiger partial charge in [0, 0.05) is 6.07 Å². The first-order valence-corrected chi connectivity index (χ1v) is 6.67. The van der Waals surface area contributed by atoms with Crippen molar-refractivity contribution in [3.63, 3.8) is 0 Å². The molecular formula is C15H11FN2O6. The predicted octanol–water partition coefficient (Wildman–Crippen LogP) is 1.81. The average molecular weight is 334 g/mol. The first-order valence-electron chi connectivity index (χ1n) is 6.67. The fourth-order valence-corrected chi connectivity index (χ4v) is 2.11. The van der Waals surface area contributed by atoms with E-state index in [2.05, 4.69) is 0 Å². The van der Waals surface area contributed by atoms with E-state index in [1.807, 2.05) is 0 Å². The van der Waals surface area contributed by atoms with E-state index in [1.54, 1.807) is 0 Å². The van der Waals surface area contributed by atoms with E-state index in [9.17, 15) is 28.9 Å². The Morgan fingerprint density at radius 3 is 2.29 bits per heavy atom. The minimum absolute atomic E-state index is 0.105. The highest BCUT2D eigenvalue weighted by Gasteiger charge is 2.27. The molecule has 1 heterocycles. The molecule has 0 aliphatic carbocycles. The second-order valence-corrected chi connectivity index (χ2v) is 4.87. The monoisotopic (exact) mass is 334 g/mol. The maximum atomic E-state index is 12.9. The number of aliphatic carboxylic acids is 1. The maximum Gasteiger partial charge on any atom is 0.372 e. The number of carboxylic acids is 1. The Labute approximate surface area is 134 Å². The van der Waals surface area contributed by atoms with Crippen LogP contribution in [-0.4, -0.2) is 32.1 Å². The van der Waals surface area contributed by atoms with Gasteiger partial charge in [-0.25, -0.2) is 13.8 Å². The van der Waals surface area contributed by atoms with Crippen molar-refractivity contribution in [2.45, 2.75) is 13.0 Å². The lowest BCUT2D eigenvalue weighted by Gasteiger charge is -2.06. The Morgan fingerprint density at radius 2 is 1.75 bits per heavy atom. The molecular weight excluding hydrogens is 323 g/mol. The number of ketones is 2. The highest BCUT2D eigenvalue weighted by molar-refractivity contribution is 6.37. The van der Waals surface area contributed by atoms with Gasteiger partial charge in [-0.3, -0.25) is 9.59 Å². The van der Waals surface area contributed by atoms with Gasteiger partial charge in [-0.05, 0) is 28.7 Å². The van der Waals surface area contributed by atoms with Gasteiger partial charge in [0.15, 0.2) is 5.69 Å². The number of hydrogen-bond acceptors (Lipinski definition) is 5. The fourth-order valence-electron chi connectivity index (χ4n) is 2.11. The average Bonchev–Trinajstić information content (AvgIpc) is 2.93. The van der Waals surface area contributed by atoms with Crippen molar-refractivity contribution in [3.8, 4) is 0 Å². The van der Waals surface area contributed by atoms with Gasteiger partial charge in [0.2, 0.25) is 11.6 Å². The number of nitrogens with zero attached hydrogens (tertiary/aromatic N) is 2. The molecule has 8 nitrogen and oxygen atoms in total. The summed E-state index contributed by atoms with van der Waals surface area (Å²) >= 11 is 0. The first-order chi connectivity index (χ1) is 11.3. The number of hydrogen-bond donors (Lipinski definition) is 1. The number of benzene rings is 1. The Morgan fingerprint density at radius 1 is 1.12 bits per heavy atom. The lowest BCUT2D eigenvalue weighted by Crippen LogP contribution is -2.20. The van der Waals surface area contributed by atoms with Gasteiger partial charge in [0.25, 0.3) is 0 Å². The molecule has 2 rings (SSSR count). The van der Waals surface area contributed by atoms with Crippen LogP contribution in [-0.2, 0) is 16.1 Å². The molecule has 0 bridgehead atoms. The van der Waals surface area contributed by atoms with Crippen LogP contribution in [0.1, 0.15) is 22.5 Å². The van der Waals surface area contributed by atoms with Crippen molar-refractivity contribution in [3.05, 3.63) is 63.6 Å². The molecule has 24 heavy (non-hydrogen) atoms. The van der Waals surface area contributed by atoms with Crippen molar-refractivity contribution >= 4 is 23.4 Å². The molecule has 0 fully saturated rings. The molecule has 0 spiro atoms. The van der Waals surface area contributed by atoms with E-state index in [0.29, 0.717) is 5.56 Å². The third kappa shape index (κ3) is 3.69. The number of rotatable bonds is 7. The molecule has 0 unspecified atom stereocenters. The quantitative estimate of drug-likeness (QED) is 0.271. The summed E-state index contributed by atoms with van der Waals surface area (Å²) in [5.41, 5.74) is 0.329. The molecule has 1 N–H and O–H groups in total. The molecule has 0 amide bonds. The standard InChI is InChI=1S/C15H11FN2O6/c16-10-3-1-9(2-4-10)8-17-11(5-6-14(17)18(23)24)12(19)7-13(20)15(21)22/h1-6H,7-8H2,(H,21,22). The van der Waals surface area contributed by atoms with Crippen LogP contribution in [0, 0.1) is 15.9 Å². The minimum Gasteiger partial charge on any atom is -0.475 e. The summed E-state index contributed by atoms with van der Waals surface area (Å²) in [5.74, 6) is -4.79. The maximum absolute atomic E-state index is 12.9. The Bertz CT molecular complexity index is 825. The number of carboxylic acid groups (broad SMARTS) is 1. The zero-order valence-corrected chi connectivity index (χ0v) is 12.1. The normalized spacial score (nSPS) is 10.4. The van der Waals surface area contributed by atoms with Gasteiger partial charge in [0.1, 0.15) is 12.4 Å². The van der Waals surface area contributed by atoms with E-state index in [-0.39, 0.29) is 12.2 Å². The van der Waals surface area contributed by atoms with Crippen molar-refractivity contribution < 1.29 is 28.8 Å². The van der Waals surface area contributed by atoms with Crippen molar-refractivity contribution in [2.24, 2.45) is 0 Å². The number of carbonyl (C=O) groups excluding carboxylic acids is 2. The van der Waals surface area contributed by atoms with Crippen molar-refractivity contribution in [1.29, 1.82) is 0 Å².